The maximum Gasteiger partial charge on any atom is 0.119 e. The first-order chi connectivity index (χ1) is 10.7. The number of nitrogens with zero attached hydrogens (tertiary/aromatic N) is 1. The van der Waals surface area contributed by atoms with Crippen LogP contribution in [0.3, 0.4) is 0 Å². The average Bonchev–Trinajstić information content (AvgIpc) is 2.92. The molecule has 1 saturated heterocycles. The minimum Gasteiger partial charge on any atom is -0.497 e. The molecule has 22 heavy (non-hydrogen) atoms. The largest absolute Gasteiger partial charge is 0.497 e. The first-order valence-electron chi connectivity index (χ1n) is 8.03. The molecule has 1 aliphatic carbocycles. The van der Waals surface area contributed by atoms with E-state index in [0.29, 0.717) is 0 Å². The third-order valence-corrected chi connectivity index (χ3v) is 5.69. The van der Waals surface area contributed by atoms with E-state index in [1.54, 1.807) is 14.2 Å². The molecule has 118 valence electrons. The lowest BCUT2D eigenvalue weighted by atomic mass is 9.70. The van der Waals surface area contributed by atoms with E-state index in [9.17, 15) is 5.11 Å². The van der Waals surface area contributed by atoms with Crippen molar-refractivity contribution in [2.45, 2.75) is 37.0 Å². The Kier molecular flexibility index (Phi) is 3.29. The second-order valence-electron chi connectivity index (χ2n) is 6.53. The molecule has 0 bridgehead atoms. The molecule has 1 N–H and O–H groups in total. The molecule has 1 aromatic carbocycles. The number of aliphatic hydroxyl groups is 1. The van der Waals surface area contributed by atoms with Crippen molar-refractivity contribution in [1.82, 2.24) is 4.90 Å². The van der Waals surface area contributed by atoms with Gasteiger partial charge in [0.2, 0.25) is 0 Å². The van der Waals surface area contributed by atoms with Crippen molar-refractivity contribution in [3.63, 3.8) is 0 Å². The SMILES string of the molecule is COc1ccc2c(c1)C13CC(OC)C(O)C=C1CCN3CC2. The molecule has 4 heteroatoms. The van der Waals surface area contributed by atoms with E-state index in [1.807, 2.05) is 6.08 Å². The summed E-state index contributed by atoms with van der Waals surface area (Å²) in [6.45, 7) is 2.13. The Bertz CT molecular complexity index is 627. The fraction of sp³-hybridized carbons (Fsp3) is 0.556. The number of fused-ring (bicyclic) bond motifs is 1. The molecule has 3 aliphatic rings. The molecule has 2 aliphatic heterocycles. The molecule has 0 saturated carbocycles. The number of rotatable bonds is 2. The number of methoxy groups -OCH3 is 2. The number of hydrogen-bond acceptors (Lipinski definition) is 4. The fourth-order valence-corrected chi connectivity index (χ4v) is 4.58. The van der Waals surface area contributed by atoms with Crippen molar-refractivity contribution in [3.8, 4) is 5.75 Å². The Balaban J connectivity index is 1.90. The van der Waals surface area contributed by atoms with Gasteiger partial charge in [0, 0.05) is 26.6 Å². The van der Waals surface area contributed by atoms with Gasteiger partial charge in [-0.3, -0.25) is 4.90 Å². The summed E-state index contributed by atoms with van der Waals surface area (Å²) in [5, 5.41) is 10.3. The van der Waals surface area contributed by atoms with Crippen molar-refractivity contribution in [3.05, 3.63) is 41.0 Å². The Morgan fingerprint density at radius 3 is 2.82 bits per heavy atom. The predicted molar refractivity (Wildman–Crippen MR) is 84.1 cm³/mol. The average molecular weight is 301 g/mol. The van der Waals surface area contributed by atoms with Crippen LogP contribution < -0.4 is 4.74 Å². The van der Waals surface area contributed by atoms with Crippen LogP contribution in [0.15, 0.2) is 29.8 Å². The van der Waals surface area contributed by atoms with Crippen molar-refractivity contribution in [1.29, 1.82) is 0 Å². The summed E-state index contributed by atoms with van der Waals surface area (Å²) in [4.78, 5) is 2.57. The van der Waals surface area contributed by atoms with Crippen LogP contribution in [0.5, 0.6) is 5.75 Å². The molecule has 0 radical (unpaired) electrons. The summed E-state index contributed by atoms with van der Waals surface area (Å²) in [7, 11) is 3.41. The van der Waals surface area contributed by atoms with Crippen LogP contribution in [0.2, 0.25) is 0 Å². The Hall–Kier alpha value is -1.36. The zero-order chi connectivity index (χ0) is 15.3. The lowest BCUT2D eigenvalue weighted by Crippen LogP contribution is -2.52. The smallest absolute Gasteiger partial charge is 0.119 e. The number of benzene rings is 1. The van der Waals surface area contributed by atoms with Gasteiger partial charge < -0.3 is 14.6 Å². The third-order valence-electron chi connectivity index (χ3n) is 5.69. The van der Waals surface area contributed by atoms with Gasteiger partial charge in [-0.05, 0) is 41.7 Å². The molecule has 1 spiro atoms. The van der Waals surface area contributed by atoms with E-state index in [1.165, 1.54) is 16.7 Å². The minimum absolute atomic E-state index is 0.109. The van der Waals surface area contributed by atoms with E-state index in [0.717, 1.165) is 38.1 Å². The van der Waals surface area contributed by atoms with E-state index < -0.39 is 6.10 Å². The van der Waals surface area contributed by atoms with E-state index in [2.05, 4.69) is 23.1 Å². The van der Waals surface area contributed by atoms with Gasteiger partial charge in [0.15, 0.2) is 0 Å². The summed E-state index contributed by atoms with van der Waals surface area (Å²) in [6, 6.07) is 6.43. The highest BCUT2D eigenvalue weighted by Crippen LogP contribution is 2.53. The Labute approximate surface area is 131 Å². The lowest BCUT2D eigenvalue weighted by molar-refractivity contribution is -0.0344. The molecule has 2 heterocycles. The first-order valence-corrected chi connectivity index (χ1v) is 8.03. The van der Waals surface area contributed by atoms with Crippen LogP contribution >= 0.6 is 0 Å². The van der Waals surface area contributed by atoms with Gasteiger partial charge in [-0.1, -0.05) is 12.1 Å². The Morgan fingerprint density at radius 2 is 2.05 bits per heavy atom. The first kappa shape index (κ1) is 14.2. The summed E-state index contributed by atoms with van der Waals surface area (Å²) < 4.78 is 11.0. The number of aliphatic hydroxyl groups excluding tert-OH is 1. The maximum absolute atomic E-state index is 10.3. The van der Waals surface area contributed by atoms with Crippen molar-refractivity contribution < 1.29 is 14.6 Å². The molecule has 0 amide bonds. The standard InChI is InChI=1S/C18H23NO3/c1-21-14-4-3-12-5-7-19-8-6-13-9-16(20)17(22-2)11-18(13,19)15(12)10-14/h3-4,9-10,16-17,20H,5-8,11H2,1-2H3. The molecule has 4 nitrogen and oxygen atoms in total. The predicted octanol–water partition coefficient (Wildman–Crippen LogP) is 1.86. The van der Waals surface area contributed by atoms with Gasteiger partial charge >= 0.3 is 0 Å². The van der Waals surface area contributed by atoms with Gasteiger partial charge in [0.05, 0.1) is 24.9 Å². The monoisotopic (exact) mass is 301 g/mol. The number of hydrogen-bond donors (Lipinski definition) is 1. The second kappa shape index (κ2) is 5.08. The van der Waals surface area contributed by atoms with Crippen molar-refractivity contribution in [2.75, 3.05) is 27.3 Å². The van der Waals surface area contributed by atoms with Crippen LogP contribution in [0, 0.1) is 0 Å². The number of ether oxygens (including phenoxy) is 2. The van der Waals surface area contributed by atoms with Crippen LogP contribution in [0.4, 0.5) is 0 Å². The van der Waals surface area contributed by atoms with Crippen LogP contribution in [0.1, 0.15) is 24.0 Å². The quantitative estimate of drug-likeness (QED) is 0.847. The lowest BCUT2D eigenvalue weighted by Gasteiger charge is -2.49. The Morgan fingerprint density at radius 1 is 1.23 bits per heavy atom. The second-order valence-corrected chi connectivity index (χ2v) is 6.53. The molecule has 3 atom stereocenters. The van der Waals surface area contributed by atoms with Gasteiger partial charge in [0.1, 0.15) is 5.75 Å². The van der Waals surface area contributed by atoms with Gasteiger partial charge in [-0.25, -0.2) is 0 Å². The highest BCUT2D eigenvalue weighted by molar-refractivity contribution is 5.50. The molecule has 1 aromatic rings. The minimum atomic E-state index is -0.499. The maximum atomic E-state index is 10.3. The van der Waals surface area contributed by atoms with Gasteiger partial charge in [-0.15, -0.1) is 0 Å². The van der Waals surface area contributed by atoms with Crippen LogP contribution in [-0.4, -0.2) is 49.5 Å². The highest BCUT2D eigenvalue weighted by atomic mass is 16.5. The summed E-state index contributed by atoms with van der Waals surface area (Å²) in [5.74, 6) is 0.904. The normalized spacial score (nSPS) is 33.7. The molecule has 0 aromatic heterocycles. The molecule has 3 unspecified atom stereocenters. The van der Waals surface area contributed by atoms with Crippen molar-refractivity contribution in [2.24, 2.45) is 0 Å². The highest BCUT2D eigenvalue weighted by Gasteiger charge is 2.53. The van der Waals surface area contributed by atoms with Gasteiger partial charge in [-0.2, -0.15) is 0 Å². The van der Waals surface area contributed by atoms with E-state index >= 15 is 0 Å². The zero-order valence-electron chi connectivity index (χ0n) is 13.2. The topological polar surface area (TPSA) is 41.9 Å². The van der Waals surface area contributed by atoms with Crippen molar-refractivity contribution >= 4 is 0 Å². The van der Waals surface area contributed by atoms with Crippen LogP contribution in [0.25, 0.3) is 0 Å². The molecular formula is C18H23NO3. The fourth-order valence-electron chi connectivity index (χ4n) is 4.58. The third kappa shape index (κ3) is 1.81. The zero-order valence-corrected chi connectivity index (χ0v) is 13.2. The summed E-state index contributed by atoms with van der Waals surface area (Å²) in [6.07, 6.45) is 4.31. The molecular weight excluding hydrogens is 278 g/mol. The summed E-state index contributed by atoms with van der Waals surface area (Å²) in [5.41, 5.74) is 3.98. The van der Waals surface area contributed by atoms with Crippen LogP contribution in [-0.2, 0) is 16.7 Å². The molecule has 4 rings (SSSR count). The van der Waals surface area contributed by atoms with E-state index in [-0.39, 0.29) is 11.6 Å². The summed E-state index contributed by atoms with van der Waals surface area (Å²) >= 11 is 0. The van der Waals surface area contributed by atoms with Gasteiger partial charge in [0.25, 0.3) is 0 Å². The molecule has 1 fully saturated rings. The van der Waals surface area contributed by atoms with E-state index in [4.69, 9.17) is 9.47 Å².